The first-order valence-electron chi connectivity index (χ1n) is 6.96. The Morgan fingerprint density at radius 1 is 1.22 bits per heavy atom. The second-order valence-corrected chi connectivity index (χ2v) is 6.91. The fourth-order valence-electron chi connectivity index (χ4n) is 2.14. The van der Waals surface area contributed by atoms with Crippen LogP contribution in [-0.4, -0.2) is 11.0 Å². The maximum atomic E-state index is 13.5. The molecule has 0 spiro atoms. The molecule has 1 aromatic carbocycles. The minimum Gasteiger partial charge on any atom is -0.383 e. The predicted octanol–water partition coefficient (Wildman–Crippen LogP) is 3.96. The second kappa shape index (κ2) is 7.04. The molecular formula is C17H14FNO2S2. The topological polar surface area (TPSA) is 49.3 Å². The second-order valence-electron chi connectivity index (χ2n) is 4.93. The number of amides is 1. The van der Waals surface area contributed by atoms with Crippen molar-refractivity contribution in [2.45, 2.75) is 12.6 Å². The Kier molecular flexibility index (Phi) is 4.85. The zero-order valence-corrected chi connectivity index (χ0v) is 13.7. The molecule has 2 aromatic heterocycles. The number of carbonyl (C=O) groups is 1. The molecule has 2 heterocycles. The number of aliphatic hydroxyl groups excluding tert-OH is 1. The number of halogens is 1. The number of nitrogens with one attached hydrogen (secondary N) is 1. The summed E-state index contributed by atoms with van der Waals surface area (Å²) in [7, 11) is 0. The van der Waals surface area contributed by atoms with E-state index >= 15 is 0 Å². The Bertz CT molecular complexity index is 799. The maximum absolute atomic E-state index is 13.5. The Balaban J connectivity index is 1.64. The first kappa shape index (κ1) is 15.9. The summed E-state index contributed by atoms with van der Waals surface area (Å²) in [6.07, 6.45) is -0.651. The molecule has 0 aliphatic carbocycles. The molecule has 3 aromatic rings. The van der Waals surface area contributed by atoms with Gasteiger partial charge in [0.15, 0.2) is 0 Å². The normalized spacial score (nSPS) is 12.1. The lowest BCUT2D eigenvalue weighted by atomic mass is 10.2. The van der Waals surface area contributed by atoms with Crippen LogP contribution in [0.5, 0.6) is 0 Å². The highest BCUT2D eigenvalue weighted by molar-refractivity contribution is 7.12. The highest BCUT2D eigenvalue weighted by Crippen LogP contribution is 2.29. The average Bonchev–Trinajstić information content (AvgIpc) is 3.24. The molecule has 3 rings (SSSR count). The van der Waals surface area contributed by atoms with E-state index in [1.165, 1.54) is 34.8 Å². The molecular weight excluding hydrogens is 333 g/mol. The predicted molar refractivity (Wildman–Crippen MR) is 90.3 cm³/mol. The number of carbonyl (C=O) groups excluding carboxylic acids is 1. The van der Waals surface area contributed by atoms with Gasteiger partial charge in [0.1, 0.15) is 11.9 Å². The molecule has 3 nitrogen and oxygen atoms in total. The summed E-state index contributed by atoms with van der Waals surface area (Å²) in [6, 6.07) is 11.5. The number of aliphatic hydroxyl groups is 1. The lowest BCUT2D eigenvalue weighted by molar-refractivity contribution is 0.0947. The molecule has 0 fully saturated rings. The molecule has 1 atom stereocenters. The molecule has 0 aliphatic rings. The quantitative estimate of drug-likeness (QED) is 0.734. The third-order valence-corrected chi connectivity index (χ3v) is 5.19. The van der Waals surface area contributed by atoms with Gasteiger partial charge in [-0.3, -0.25) is 4.79 Å². The molecule has 0 saturated heterocycles. The summed E-state index contributed by atoms with van der Waals surface area (Å²) < 4.78 is 13.5. The van der Waals surface area contributed by atoms with Crippen LogP contribution in [0.2, 0.25) is 0 Å². The van der Waals surface area contributed by atoms with E-state index in [-0.39, 0.29) is 5.56 Å². The highest BCUT2D eigenvalue weighted by atomic mass is 32.1. The van der Waals surface area contributed by atoms with E-state index in [4.69, 9.17) is 0 Å². The Labute approximate surface area is 141 Å². The molecule has 1 amide bonds. The number of benzene rings is 1. The van der Waals surface area contributed by atoms with Crippen molar-refractivity contribution in [3.8, 4) is 0 Å². The van der Waals surface area contributed by atoms with Gasteiger partial charge in [-0.25, -0.2) is 4.39 Å². The highest BCUT2D eigenvalue weighted by Gasteiger charge is 2.14. The molecule has 0 saturated carbocycles. The van der Waals surface area contributed by atoms with Crippen molar-refractivity contribution in [2.24, 2.45) is 0 Å². The third-order valence-electron chi connectivity index (χ3n) is 3.35. The molecule has 6 heteroatoms. The third kappa shape index (κ3) is 3.67. The van der Waals surface area contributed by atoms with Crippen LogP contribution < -0.4 is 5.32 Å². The Morgan fingerprint density at radius 2 is 2.04 bits per heavy atom. The first-order chi connectivity index (χ1) is 11.1. The molecule has 0 unspecified atom stereocenters. The van der Waals surface area contributed by atoms with E-state index in [0.29, 0.717) is 6.54 Å². The monoisotopic (exact) mass is 347 g/mol. The van der Waals surface area contributed by atoms with Crippen molar-refractivity contribution in [1.29, 1.82) is 0 Å². The Hall–Kier alpha value is -2.02. The minimum absolute atomic E-state index is 0.0302. The van der Waals surface area contributed by atoms with Crippen LogP contribution in [-0.2, 0) is 6.54 Å². The maximum Gasteiger partial charge on any atom is 0.254 e. The van der Waals surface area contributed by atoms with Crippen molar-refractivity contribution < 1.29 is 14.3 Å². The van der Waals surface area contributed by atoms with Gasteiger partial charge in [-0.05, 0) is 46.7 Å². The van der Waals surface area contributed by atoms with E-state index in [1.807, 2.05) is 29.0 Å². The average molecular weight is 347 g/mol. The molecule has 23 heavy (non-hydrogen) atoms. The molecule has 0 bridgehead atoms. The van der Waals surface area contributed by atoms with Crippen molar-refractivity contribution in [3.63, 3.8) is 0 Å². The van der Waals surface area contributed by atoms with E-state index in [1.54, 1.807) is 12.1 Å². The zero-order valence-electron chi connectivity index (χ0n) is 12.0. The lowest BCUT2D eigenvalue weighted by Gasteiger charge is -2.06. The summed E-state index contributed by atoms with van der Waals surface area (Å²) in [5.74, 6) is -0.985. The molecule has 0 radical (unpaired) electrons. The summed E-state index contributed by atoms with van der Waals surface area (Å²) in [4.78, 5) is 13.7. The fraction of sp³-hybridized carbons (Fsp3) is 0.118. The number of thiophene rings is 2. The van der Waals surface area contributed by atoms with E-state index in [9.17, 15) is 14.3 Å². The van der Waals surface area contributed by atoms with Gasteiger partial charge in [-0.2, -0.15) is 11.3 Å². The van der Waals surface area contributed by atoms with Gasteiger partial charge in [-0.15, -0.1) is 11.3 Å². The largest absolute Gasteiger partial charge is 0.383 e. The van der Waals surface area contributed by atoms with Crippen LogP contribution in [0.3, 0.4) is 0 Å². The van der Waals surface area contributed by atoms with Crippen LogP contribution in [0.15, 0.2) is 53.2 Å². The standard InChI is InChI=1S/C17H14FNO2S2/c18-14-4-2-1-3-13(14)17(21)19-9-12-5-6-15(23-12)16(20)11-7-8-22-10-11/h1-8,10,16,20H,9H2,(H,19,21)/t16-/m0/s1. The van der Waals surface area contributed by atoms with Gasteiger partial charge in [0.05, 0.1) is 12.1 Å². The zero-order chi connectivity index (χ0) is 16.2. The molecule has 0 aliphatic heterocycles. The molecule has 2 N–H and O–H groups in total. The van der Waals surface area contributed by atoms with Crippen molar-refractivity contribution >= 4 is 28.6 Å². The van der Waals surface area contributed by atoms with Gasteiger partial charge in [0, 0.05) is 9.75 Å². The number of hydrogen-bond acceptors (Lipinski definition) is 4. The van der Waals surface area contributed by atoms with Crippen molar-refractivity contribution in [2.75, 3.05) is 0 Å². The van der Waals surface area contributed by atoms with Gasteiger partial charge in [0.2, 0.25) is 0 Å². The lowest BCUT2D eigenvalue weighted by Crippen LogP contribution is -2.23. The van der Waals surface area contributed by atoms with E-state index < -0.39 is 17.8 Å². The smallest absolute Gasteiger partial charge is 0.254 e. The molecule has 118 valence electrons. The van der Waals surface area contributed by atoms with Crippen LogP contribution in [0.25, 0.3) is 0 Å². The minimum atomic E-state index is -0.651. The van der Waals surface area contributed by atoms with Crippen molar-refractivity contribution in [3.05, 3.63) is 79.9 Å². The summed E-state index contributed by atoms with van der Waals surface area (Å²) in [5, 5.41) is 16.8. The van der Waals surface area contributed by atoms with Crippen LogP contribution in [0, 0.1) is 5.82 Å². The van der Waals surface area contributed by atoms with Crippen LogP contribution >= 0.6 is 22.7 Å². The first-order valence-corrected chi connectivity index (χ1v) is 8.72. The van der Waals surface area contributed by atoms with Gasteiger partial charge >= 0.3 is 0 Å². The van der Waals surface area contributed by atoms with Crippen LogP contribution in [0.4, 0.5) is 4.39 Å². The number of rotatable bonds is 5. The summed E-state index contributed by atoms with van der Waals surface area (Å²) >= 11 is 2.96. The van der Waals surface area contributed by atoms with Crippen LogP contribution in [0.1, 0.15) is 31.8 Å². The fourth-order valence-corrected chi connectivity index (χ4v) is 3.79. The van der Waals surface area contributed by atoms with E-state index in [2.05, 4.69) is 5.32 Å². The van der Waals surface area contributed by atoms with Gasteiger partial charge in [-0.1, -0.05) is 12.1 Å². The van der Waals surface area contributed by atoms with Gasteiger partial charge in [0.25, 0.3) is 5.91 Å². The number of hydrogen-bond donors (Lipinski definition) is 2. The summed E-state index contributed by atoms with van der Waals surface area (Å²) in [6.45, 7) is 0.300. The summed E-state index contributed by atoms with van der Waals surface area (Å²) in [5.41, 5.74) is 0.890. The van der Waals surface area contributed by atoms with Crippen molar-refractivity contribution in [1.82, 2.24) is 5.32 Å². The van der Waals surface area contributed by atoms with Gasteiger partial charge < -0.3 is 10.4 Å². The van der Waals surface area contributed by atoms with E-state index in [0.717, 1.165) is 15.3 Å². The Morgan fingerprint density at radius 3 is 2.78 bits per heavy atom. The SMILES string of the molecule is O=C(NCc1ccc([C@@H](O)c2ccsc2)s1)c1ccccc1F.